The third kappa shape index (κ3) is 3.22. The minimum atomic E-state index is -0.0138. The fraction of sp³-hybridized carbons (Fsp3) is 0.611. The molecule has 27 heavy (non-hydrogen) atoms. The Bertz CT molecular complexity index is 863. The zero-order valence-corrected chi connectivity index (χ0v) is 16.0. The number of carbonyl (C=O) groups is 2. The van der Waals surface area contributed by atoms with Crippen LogP contribution in [-0.2, 0) is 23.2 Å². The van der Waals surface area contributed by atoms with Crippen LogP contribution >= 0.6 is 0 Å². The van der Waals surface area contributed by atoms with E-state index in [9.17, 15) is 9.59 Å². The maximum atomic E-state index is 13.0. The molecule has 2 aromatic heterocycles. The van der Waals surface area contributed by atoms with Gasteiger partial charge < -0.3 is 14.4 Å². The first-order chi connectivity index (χ1) is 12.9. The van der Waals surface area contributed by atoms with Crippen LogP contribution in [0.1, 0.15) is 38.6 Å². The number of aromatic nitrogens is 5. The second-order valence-electron chi connectivity index (χ2n) is 7.56. The molecule has 2 amide bonds. The number of nitrogens with zero attached hydrogens (tertiary/aromatic N) is 7. The maximum Gasteiger partial charge on any atom is 0.226 e. The molecule has 1 fully saturated rings. The number of amides is 2. The van der Waals surface area contributed by atoms with Crippen molar-refractivity contribution in [2.45, 2.75) is 39.3 Å². The number of piperidine rings is 1. The van der Waals surface area contributed by atoms with Crippen molar-refractivity contribution in [2.75, 3.05) is 19.6 Å². The Morgan fingerprint density at radius 1 is 1.15 bits per heavy atom. The van der Waals surface area contributed by atoms with E-state index in [-0.39, 0.29) is 23.8 Å². The van der Waals surface area contributed by atoms with Gasteiger partial charge >= 0.3 is 0 Å². The molecule has 0 spiro atoms. The van der Waals surface area contributed by atoms with Crippen LogP contribution in [-0.4, -0.2) is 65.8 Å². The lowest BCUT2D eigenvalue weighted by molar-refractivity contribution is -0.141. The van der Waals surface area contributed by atoms with Gasteiger partial charge in [-0.3, -0.25) is 14.3 Å². The molecule has 0 saturated carbocycles. The smallest absolute Gasteiger partial charge is 0.226 e. The summed E-state index contributed by atoms with van der Waals surface area (Å²) >= 11 is 0. The molecule has 9 heteroatoms. The first kappa shape index (κ1) is 17.7. The molecular formula is C18H25N7O2. The quantitative estimate of drug-likeness (QED) is 0.780. The van der Waals surface area contributed by atoms with E-state index in [0.717, 1.165) is 30.1 Å². The third-order valence-corrected chi connectivity index (χ3v) is 5.59. The van der Waals surface area contributed by atoms with E-state index in [0.29, 0.717) is 26.2 Å². The topological polar surface area (TPSA) is 89.2 Å². The number of aryl methyl sites for hydroxylation is 1. The Hall–Kier alpha value is -2.71. The summed E-state index contributed by atoms with van der Waals surface area (Å²) in [6.45, 7) is 6.12. The molecule has 0 aromatic carbocycles. The van der Waals surface area contributed by atoms with Crippen molar-refractivity contribution in [3.8, 4) is 11.4 Å². The maximum absolute atomic E-state index is 13.0. The van der Waals surface area contributed by atoms with Gasteiger partial charge in [-0.1, -0.05) is 0 Å². The molecule has 1 atom stereocenters. The highest BCUT2D eigenvalue weighted by molar-refractivity contribution is 5.80. The summed E-state index contributed by atoms with van der Waals surface area (Å²) in [4.78, 5) is 28.2. The lowest BCUT2D eigenvalue weighted by Crippen LogP contribution is -2.47. The van der Waals surface area contributed by atoms with Crippen LogP contribution in [0.2, 0.25) is 0 Å². The van der Waals surface area contributed by atoms with Gasteiger partial charge in [0.15, 0.2) is 11.6 Å². The largest absolute Gasteiger partial charge is 0.343 e. The fourth-order valence-corrected chi connectivity index (χ4v) is 4.13. The fourth-order valence-electron chi connectivity index (χ4n) is 4.13. The normalized spacial score (nSPS) is 20.6. The van der Waals surface area contributed by atoms with Crippen LogP contribution in [0, 0.1) is 5.92 Å². The number of fused-ring (bicyclic) bond motifs is 1. The average molecular weight is 371 g/mol. The van der Waals surface area contributed by atoms with Gasteiger partial charge in [-0.15, -0.1) is 10.2 Å². The average Bonchev–Trinajstić information content (AvgIpc) is 3.27. The van der Waals surface area contributed by atoms with E-state index in [1.807, 2.05) is 23.0 Å². The Kier molecular flexibility index (Phi) is 4.45. The number of likely N-dealkylation sites (tertiary alicyclic amines) is 1. The van der Waals surface area contributed by atoms with Crippen molar-refractivity contribution >= 4 is 11.8 Å². The number of carbonyl (C=O) groups excluding carboxylic acids is 2. The highest BCUT2D eigenvalue weighted by Gasteiger charge is 2.34. The minimum Gasteiger partial charge on any atom is -0.343 e. The molecule has 1 saturated heterocycles. The highest BCUT2D eigenvalue weighted by atomic mass is 16.2. The number of hydrogen-bond acceptors (Lipinski definition) is 5. The van der Waals surface area contributed by atoms with Crippen LogP contribution in [0.3, 0.4) is 0 Å². The second kappa shape index (κ2) is 6.79. The SMILES string of the molecule is CC(=O)N1CCC(C(=O)N2Cc3nnc(-c4cnn(C)c4)n3[C@@H](C)C2)CC1. The third-order valence-electron chi connectivity index (χ3n) is 5.59. The summed E-state index contributed by atoms with van der Waals surface area (Å²) < 4.78 is 3.85. The van der Waals surface area contributed by atoms with Gasteiger partial charge in [0.25, 0.3) is 0 Å². The van der Waals surface area contributed by atoms with Gasteiger partial charge in [-0.25, -0.2) is 0 Å². The zero-order chi connectivity index (χ0) is 19.1. The van der Waals surface area contributed by atoms with Gasteiger partial charge in [-0.2, -0.15) is 5.10 Å². The summed E-state index contributed by atoms with van der Waals surface area (Å²) in [7, 11) is 1.87. The summed E-state index contributed by atoms with van der Waals surface area (Å²) in [5.41, 5.74) is 0.930. The molecule has 0 N–H and O–H groups in total. The second-order valence-corrected chi connectivity index (χ2v) is 7.56. The summed E-state index contributed by atoms with van der Waals surface area (Å²) in [6.07, 6.45) is 5.17. The summed E-state index contributed by atoms with van der Waals surface area (Å²) in [5.74, 6) is 1.85. The highest BCUT2D eigenvalue weighted by Crippen LogP contribution is 2.29. The molecule has 2 aliphatic heterocycles. The Morgan fingerprint density at radius 2 is 1.89 bits per heavy atom. The molecule has 4 heterocycles. The van der Waals surface area contributed by atoms with Crippen molar-refractivity contribution in [2.24, 2.45) is 13.0 Å². The van der Waals surface area contributed by atoms with E-state index in [1.165, 1.54) is 0 Å². The molecule has 2 aliphatic rings. The molecule has 0 bridgehead atoms. The Labute approximate surface area is 157 Å². The lowest BCUT2D eigenvalue weighted by atomic mass is 9.94. The van der Waals surface area contributed by atoms with Crippen molar-refractivity contribution < 1.29 is 9.59 Å². The molecule has 0 aliphatic carbocycles. The van der Waals surface area contributed by atoms with Gasteiger partial charge in [0.05, 0.1) is 24.3 Å². The van der Waals surface area contributed by atoms with Crippen LogP contribution < -0.4 is 0 Å². The molecule has 144 valence electrons. The van der Waals surface area contributed by atoms with Crippen LogP contribution in [0.15, 0.2) is 12.4 Å². The first-order valence-electron chi connectivity index (χ1n) is 9.41. The molecule has 9 nitrogen and oxygen atoms in total. The molecule has 2 aromatic rings. The predicted octanol–water partition coefficient (Wildman–Crippen LogP) is 0.840. The predicted molar refractivity (Wildman–Crippen MR) is 97.3 cm³/mol. The van der Waals surface area contributed by atoms with Gasteiger partial charge in [0.1, 0.15) is 0 Å². The van der Waals surface area contributed by atoms with E-state index in [2.05, 4.69) is 26.8 Å². The van der Waals surface area contributed by atoms with Crippen molar-refractivity contribution in [3.05, 3.63) is 18.2 Å². The Morgan fingerprint density at radius 3 is 2.52 bits per heavy atom. The van der Waals surface area contributed by atoms with E-state index in [1.54, 1.807) is 17.8 Å². The zero-order valence-electron chi connectivity index (χ0n) is 16.0. The molecular weight excluding hydrogens is 346 g/mol. The van der Waals surface area contributed by atoms with Crippen molar-refractivity contribution in [1.82, 2.24) is 34.3 Å². The lowest BCUT2D eigenvalue weighted by Gasteiger charge is -2.37. The van der Waals surface area contributed by atoms with Gasteiger partial charge in [0.2, 0.25) is 11.8 Å². The van der Waals surface area contributed by atoms with Crippen LogP contribution in [0.4, 0.5) is 0 Å². The number of rotatable bonds is 2. The van der Waals surface area contributed by atoms with E-state index < -0.39 is 0 Å². The van der Waals surface area contributed by atoms with Gasteiger partial charge in [0, 0.05) is 45.7 Å². The standard InChI is InChI=1S/C18H25N7O2/c1-12-9-24(18(27)14-4-6-23(7-5-14)13(2)26)11-16-20-21-17(25(12)16)15-8-19-22(3)10-15/h8,10,12,14H,4-7,9,11H2,1-3H3/t12-/m0/s1. The Balaban J connectivity index is 1.49. The van der Waals surface area contributed by atoms with Crippen LogP contribution in [0.25, 0.3) is 11.4 Å². The molecule has 0 unspecified atom stereocenters. The van der Waals surface area contributed by atoms with E-state index in [4.69, 9.17) is 0 Å². The summed E-state index contributed by atoms with van der Waals surface area (Å²) in [6, 6.07) is 0.0974. The summed E-state index contributed by atoms with van der Waals surface area (Å²) in [5, 5.41) is 12.9. The van der Waals surface area contributed by atoms with Crippen molar-refractivity contribution in [1.29, 1.82) is 0 Å². The van der Waals surface area contributed by atoms with E-state index >= 15 is 0 Å². The van der Waals surface area contributed by atoms with Crippen LogP contribution in [0.5, 0.6) is 0 Å². The number of hydrogen-bond donors (Lipinski definition) is 0. The monoisotopic (exact) mass is 371 g/mol. The van der Waals surface area contributed by atoms with Crippen molar-refractivity contribution in [3.63, 3.8) is 0 Å². The molecule has 0 radical (unpaired) electrons. The first-order valence-corrected chi connectivity index (χ1v) is 9.41. The van der Waals surface area contributed by atoms with Gasteiger partial charge in [-0.05, 0) is 19.8 Å². The minimum absolute atomic E-state index is 0.0138. The molecule has 4 rings (SSSR count).